The fourth-order valence-electron chi connectivity index (χ4n) is 5.37. The summed E-state index contributed by atoms with van der Waals surface area (Å²) >= 11 is 0. The molecule has 0 saturated carbocycles. The second-order valence-electron chi connectivity index (χ2n) is 8.86. The highest BCUT2D eigenvalue weighted by molar-refractivity contribution is 6.30. The van der Waals surface area contributed by atoms with Crippen molar-refractivity contribution >= 4 is 39.5 Å². The van der Waals surface area contributed by atoms with Gasteiger partial charge in [0.1, 0.15) is 0 Å². The maximum absolute atomic E-state index is 13.4. The van der Waals surface area contributed by atoms with Gasteiger partial charge in [-0.2, -0.15) is 0 Å². The average molecular weight is 451 g/mol. The summed E-state index contributed by atoms with van der Waals surface area (Å²) in [6.07, 6.45) is 0. The second kappa shape index (κ2) is 7.08. The molecule has 0 fully saturated rings. The van der Waals surface area contributed by atoms with E-state index in [-0.39, 0.29) is 17.3 Å². The van der Waals surface area contributed by atoms with Gasteiger partial charge in [-0.25, -0.2) is 0 Å². The smallest absolute Gasteiger partial charge is 0.196 e. The van der Waals surface area contributed by atoms with E-state index in [1.165, 1.54) is 0 Å². The number of benzene rings is 5. The van der Waals surface area contributed by atoms with Crippen molar-refractivity contribution in [3.63, 3.8) is 0 Å². The molecule has 0 atom stereocenters. The van der Waals surface area contributed by atoms with E-state index in [4.69, 9.17) is 0 Å². The predicted octanol–water partition coefficient (Wildman–Crippen LogP) is 6.57. The molecule has 0 radical (unpaired) electrons. The second-order valence-corrected chi connectivity index (χ2v) is 8.86. The SMILES string of the molecule is O=C1c2ccccc2C(=O)c2c(Nc3cc4c5c(cccc5c3)C(=O)c3ccccc3-4)cccc21. The van der Waals surface area contributed by atoms with Crippen molar-refractivity contribution in [2.45, 2.75) is 0 Å². The van der Waals surface area contributed by atoms with E-state index in [1.54, 1.807) is 36.4 Å². The van der Waals surface area contributed by atoms with Gasteiger partial charge in [0.25, 0.3) is 0 Å². The standard InChI is InChI=1S/C31H17NO3/c33-29-20-9-2-1-8-19(20)25-16-18(15-17-7-5-12-23(29)27(17)25)32-26-14-6-13-24-28(26)31(35)22-11-4-3-10-21(22)30(24)34/h1-16,32H. The first-order chi connectivity index (χ1) is 17.1. The zero-order chi connectivity index (χ0) is 23.7. The Morgan fingerprint density at radius 1 is 0.457 bits per heavy atom. The molecule has 1 N–H and O–H groups in total. The molecule has 0 aliphatic heterocycles. The van der Waals surface area contributed by atoms with Crippen LogP contribution in [0.3, 0.4) is 0 Å². The summed E-state index contributed by atoms with van der Waals surface area (Å²) in [5.41, 5.74) is 6.23. The topological polar surface area (TPSA) is 63.2 Å². The van der Waals surface area contributed by atoms with Crippen LogP contribution in [0.5, 0.6) is 0 Å². The quantitative estimate of drug-likeness (QED) is 0.323. The molecule has 2 aliphatic carbocycles. The number of hydrogen-bond acceptors (Lipinski definition) is 4. The Morgan fingerprint density at radius 3 is 1.80 bits per heavy atom. The van der Waals surface area contributed by atoms with E-state index < -0.39 is 0 Å². The molecule has 35 heavy (non-hydrogen) atoms. The number of carbonyl (C=O) groups is 3. The summed E-state index contributed by atoms with van der Waals surface area (Å²) in [5.74, 6) is -0.289. The highest BCUT2D eigenvalue weighted by Gasteiger charge is 2.31. The fourth-order valence-corrected chi connectivity index (χ4v) is 5.37. The number of rotatable bonds is 2. The molecule has 4 heteroatoms. The van der Waals surface area contributed by atoms with E-state index in [0.717, 1.165) is 27.6 Å². The average Bonchev–Trinajstić information content (AvgIpc) is 2.90. The molecule has 2 aliphatic rings. The van der Waals surface area contributed by atoms with Gasteiger partial charge in [-0.3, -0.25) is 14.4 Å². The third kappa shape index (κ3) is 2.71. The summed E-state index contributed by atoms with van der Waals surface area (Å²) in [7, 11) is 0. The Bertz CT molecular complexity index is 1780. The third-order valence-corrected chi connectivity index (χ3v) is 6.91. The number of ketones is 3. The minimum atomic E-state index is -0.168. The summed E-state index contributed by atoms with van der Waals surface area (Å²) < 4.78 is 0. The van der Waals surface area contributed by atoms with E-state index >= 15 is 0 Å². The van der Waals surface area contributed by atoms with Gasteiger partial charge in [0.15, 0.2) is 17.3 Å². The minimum Gasteiger partial charge on any atom is -0.355 e. The van der Waals surface area contributed by atoms with Crippen LogP contribution in [0.15, 0.2) is 97.1 Å². The molecule has 0 amide bonds. The van der Waals surface area contributed by atoms with Crippen LogP contribution in [0, 0.1) is 0 Å². The van der Waals surface area contributed by atoms with Crippen LogP contribution in [0.2, 0.25) is 0 Å². The van der Waals surface area contributed by atoms with Crippen molar-refractivity contribution in [3.05, 3.63) is 130 Å². The number of anilines is 2. The highest BCUT2D eigenvalue weighted by Crippen LogP contribution is 2.42. The lowest BCUT2D eigenvalue weighted by molar-refractivity contribution is 0.0979. The third-order valence-electron chi connectivity index (χ3n) is 6.91. The Morgan fingerprint density at radius 2 is 1.03 bits per heavy atom. The van der Waals surface area contributed by atoms with Crippen molar-refractivity contribution in [1.82, 2.24) is 0 Å². The van der Waals surface area contributed by atoms with E-state index in [2.05, 4.69) is 5.32 Å². The molecule has 0 unspecified atom stereocenters. The largest absolute Gasteiger partial charge is 0.355 e. The first-order valence-corrected chi connectivity index (χ1v) is 11.4. The normalized spacial score (nSPS) is 13.3. The zero-order valence-electron chi connectivity index (χ0n) is 18.5. The summed E-state index contributed by atoms with van der Waals surface area (Å²) in [4.78, 5) is 39.7. The summed E-state index contributed by atoms with van der Waals surface area (Å²) in [6, 6.07) is 29.6. The predicted molar refractivity (Wildman–Crippen MR) is 136 cm³/mol. The molecule has 0 heterocycles. The molecular formula is C31H17NO3. The molecule has 164 valence electrons. The lowest BCUT2D eigenvalue weighted by Crippen LogP contribution is -2.22. The van der Waals surface area contributed by atoms with E-state index in [0.29, 0.717) is 39.1 Å². The Balaban J connectivity index is 1.41. The van der Waals surface area contributed by atoms with E-state index in [1.807, 2.05) is 60.7 Å². The van der Waals surface area contributed by atoms with Crippen molar-refractivity contribution < 1.29 is 14.4 Å². The van der Waals surface area contributed by atoms with Gasteiger partial charge < -0.3 is 5.32 Å². The highest BCUT2D eigenvalue weighted by atomic mass is 16.1. The lowest BCUT2D eigenvalue weighted by atomic mass is 9.82. The van der Waals surface area contributed by atoms with Gasteiger partial charge in [-0.1, -0.05) is 78.9 Å². The molecule has 5 aromatic carbocycles. The molecule has 0 saturated heterocycles. The van der Waals surface area contributed by atoms with Crippen LogP contribution in [0.4, 0.5) is 11.4 Å². The van der Waals surface area contributed by atoms with Crippen molar-refractivity contribution in [2.75, 3.05) is 5.32 Å². The number of nitrogens with one attached hydrogen (secondary N) is 1. The molecule has 0 aromatic heterocycles. The van der Waals surface area contributed by atoms with Crippen LogP contribution in [0.1, 0.15) is 47.8 Å². The zero-order valence-corrected chi connectivity index (χ0v) is 18.5. The van der Waals surface area contributed by atoms with Crippen molar-refractivity contribution in [1.29, 1.82) is 0 Å². The maximum Gasteiger partial charge on any atom is 0.196 e. The Hall–Kier alpha value is -4.83. The lowest BCUT2D eigenvalue weighted by Gasteiger charge is -2.23. The van der Waals surface area contributed by atoms with Gasteiger partial charge in [0.2, 0.25) is 0 Å². The Kier molecular flexibility index (Phi) is 3.97. The minimum absolute atomic E-state index is 0.0271. The first-order valence-electron chi connectivity index (χ1n) is 11.4. The van der Waals surface area contributed by atoms with Crippen LogP contribution in [-0.2, 0) is 0 Å². The van der Waals surface area contributed by atoms with Crippen LogP contribution in [-0.4, -0.2) is 17.3 Å². The van der Waals surface area contributed by atoms with Gasteiger partial charge in [-0.05, 0) is 34.7 Å². The van der Waals surface area contributed by atoms with Crippen LogP contribution < -0.4 is 5.32 Å². The first kappa shape index (κ1) is 19.6. The summed E-state index contributed by atoms with van der Waals surface area (Å²) in [5, 5.41) is 5.27. The maximum atomic E-state index is 13.4. The number of fused-ring (bicyclic) bond motifs is 4. The number of hydrogen-bond donors (Lipinski definition) is 1. The monoisotopic (exact) mass is 451 g/mol. The molecule has 5 aromatic rings. The molecule has 7 rings (SSSR count). The van der Waals surface area contributed by atoms with Crippen LogP contribution in [0.25, 0.3) is 21.9 Å². The van der Waals surface area contributed by atoms with Gasteiger partial charge in [0.05, 0.1) is 11.3 Å². The molecule has 0 bridgehead atoms. The molecule has 4 nitrogen and oxygen atoms in total. The summed E-state index contributed by atoms with van der Waals surface area (Å²) in [6.45, 7) is 0. The van der Waals surface area contributed by atoms with Crippen molar-refractivity contribution in [2.24, 2.45) is 0 Å². The molecule has 0 spiro atoms. The van der Waals surface area contributed by atoms with Gasteiger partial charge in [-0.15, -0.1) is 0 Å². The van der Waals surface area contributed by atoms with Crippen LogP contribution >= 0.6 is 0 Å². The Labute approximate surface area is 200 Å². The molecular weight excluding hydrogens is 434 g/mol. The number of carbonyl (C=O) groups excluding carboxylic acids is 3. The van der Waals surface area contributed by atoms with Crippen molar-refractivity contribution in [3.8, 4) is 11.1 Å². The fraction of sp³-hybridized carbons (Fsp3) is 0. The van der Waals surface area contributed by atoms with Gasteiger partial charge >= 0.3 is 0 Å². The van der Waals surface area contributed by atoms with Gasteiger partial charge in [0, 0.05) is 38.9 Å². The van der Waals surface area contributed by atoms with E-state index in [9.17, 15) is 14.4 Å².